The van der Waals surface area contributed by atoms with Crippen molar-refractivity contribution in [2.75, 3.05) is 40.5 Å². The van der Waals surface area contributed by atoms with Crippen LogP contribution >= 0.6 is 27.5 Å². The van der Waals surface area contributed by atoms with Gasteiger partial charge in [-0.2, -0.15) is 4.98 Å². The smallest absolute Gasteiger partial charge is 0.323 e. The molecule has 2 aromatic heterocycles. The van der Waals surface area contributed by atoms with E-state index in [1.165, 1.54) is 5.56 Å². The molecule has 0 saturated carbocycles. The van der Waals surface area contributed by atoms with Crippen molar-refractivity contribution in [3.05, 3.63) is 86.3 Å². The van der Waals surface area contributed by atoms with E-state index in [4.69, 9.17) is 40.5 Å². The van der Waals surface area contributed by atoms with Crippen LogP contribution < -0.4 is 24.8 Å². The first kappa shape index (κ1) is 35.7. The molecule has 2 saturated heterocycles. The molecule has 0 bridgehead atoms. The number of fused-ring (bicyclic) bond motifs is 1. The Morgan fingerprint density at radius 2 is 1.69 bits per heavy atom. The summed E-state index contributed by atoms with van der Waals surface area (Å²) in [7, 11) is 3.26. The van der Waals surface area contributed by atoms with Gasteiger partial charge in [0, 0.05) is 41.9 Å². The number of carbonyl (C=O) groups is 1. The monoisotopic (exact) mass is 775 g/mol. The highest BCUT2D eigenvalue weighted by Gasteiger charge is 2.32. The zero-order chi connectivity index (χ0) is 35.5. The third kappa shape index (κ3) is 7.32. The molecule has 0 radical (unpaired) electrons. The first-order valence-corrected chi connectivity index (χ1v) is 18.8. The van der Waals surface area contributed by atoms with Gasteiger partial charge in [-0.25, -0.2) is 4.98 Å². The van der Waals surface area contributed by atoms with E-state index in [9.17, 15) is 4.79 Å². The number of methoxy groups -OCH3 is 2. The standard InChI is InChI=1S/C39H43BrClN5O5/c1-4-50-39(47)32-13-5-6-20-46(32)22-23-21-30(40)38(45-36(23)48-2)51-33-17-15-25-24(9-7-10-26(25)33)27-11-8-12-28(34(27)41)31-16-14-29(37(44-31)49-3)35-42-18-19-43-35/h7-12,14,16,21,32-33,35,42-43H,4-6,13,15,17-20,22H2,1-3H3/t32-,33-/m0/s1. The normalized spacial score (nSPS) is 19.2. The van der Waals surface area contributed by atoms with Crippen molar-refractivity contribution in [1.29, 1.82) is 0 Å². The summed E-state index contributed by atoms with van der Waals surface area (Å²) in [5.41, 5.74) is 7.77. The summed E-state index contributed by atoms with van der Waals surface area (Å²) in [6, 6.07) is 18.1. The third-order valence-corrected chi connectivity index (χ3v) is 10.9. The molecule has 2 aromatic carbocycles. The predicted octanol–water partition coefficient (Wildman–Crippen LogP) is 7.42. The van der Waals surface area contributed by atoms with Gasteiger partial charge in [-0.15, -0.1) is 0 Å². The number of benzene rings is 2. The van der Waals surface area contributed by atoms with Gasteiger partial charge in [-0.3, -0.25) is 20.3 Å². The van der Waals surface area contributed by atoms with Crippen LogP contribution in [0.3, 0.4) is 0 Å². The minimum Gasteiger partial charge on any atom is -0.481 e. The highest BCUT2D eigenvalue weighted by molar-refractivity contribution is 9.10. The number of halogens is 2. The fraction of sp³-hybridized carbons (Fsp3) is 0.410. The zero-order valence-electron chi connectivity index (χ0n) is 29.1. The molecule has 0 unspecified atom stereocenters. The number of carbonyl (C=O) groups excluding carboxylic acids is 1. The molecule has 2 atom stereocenters. The Bertz CT molecular complexity index is 1900. The molecule has 268 valence electrons. The lowest BCUT2D eigenvalue weighted by Gasteiger charge is -2.34. The number of likely N-dealkylation sites (tertiary alicyclic amines) is 1. The summed E-state index contributed by atoms with van der Waals surface area (Å²) < 4.78 is 24.2. The molecule has 2 N–H and O–H groups in total. The molecule has 2 aliphatic heterocycles. The lowest BCUT2D eigenvalue weighted by molar-refractivity contribution is -0.151. The van der Waals surface area contributed by atoms with E-state index < -0.39 is 0 Å². The Labute approximate surface area is 312 Å². The van der Waals surface area contributed by atoms with Crippen LogP contribution in [-0.4, -0.2) is 67.3 Å². The van der Waals surface area contributed by atoms with Gasteiger partial charge < -0.3 is 18.9 Å². The average molecular weight is 777 g/mol. The SMILES string of the molecule is CCOC(=O)[C@@H]1CCCCN1Cc1cc(Br)c(O[C@H]2CCc3c(-c4cccc(-c5ccc(C6NCCN6)c(OC)n5)c4Cl)cccc32)nc1OC. The number of piperidine rings is 1. The minimum absolute atomic E-state index is 0.00495. The van der Waals surface area contributed by atoms with E-state index in [1.807, 2.05) is 37.3 Å². The van der Waals surface area contributed by atoms with Crippen molar-refractivity contribution in [3.8, 4) is 40.0 Å². The predicted molar refractivity (Wildman–Crippen MR) is 200 cm³/mol. The quantitative estimate of drug-likeness (QED) is 0.150. The number of nitrogens with zero attached hydrogens (tertiary/aromatic N) is 3. The minimum atomic E-state index is -0.271. The Morgan fingerprint density at radius 3 is 2.47 bits per heavy atom. The molecular weight excluding hydrogens is 734 g/mol. The van der Waals surface area contributed by atoms with Gasteiger partial charge in [-0.05, 0) is 90.0 Å². The number of pyridine rings is 2. The van der Waals surface area contributed by atoms with Crippen molar-refractivity contribution < 1.29 is 23.7 Å². The second-order valence-electron chi connectivity index (χ2n) is 13.0. The molecule has 1 aliphatic carbocycles. The van der Waals surface area contributed by atoms with E-state index in [0.717, 1.165) is 95.3 Å². The fourth-order valence-corrected chi connectivity index (χ4v) is 8.33. The van der Waals surface area contributed by atoms with E-state index in [0.29, 0.717) is 35.8 Å². The Balaban J connectivity index is 1.13. The zero-order valence-corrected chi connectivity index (χ0v) is 31.5. The number of ether oxygens (including phenoxy) is 4. The van der Waals surface area contributed by atoms with E-state index >= 15 is 0 Å². The maximum atomic E-state index is 12.7. The van der Waals surface area contributed by atoms with Crippen molar-refractivity contribution in [1.82, 2.24) is 25.5 Å². The molecular formula is C39H43BrClN5O5. The Morgan fingerprint density at radius 1 is 0.922 bits per heavy atom. The van der Waals surface area contributed by atoms with Crippen molar-refractivity contribution >= 4 is 33.5 Å². The molecule has 51 heavy (non-hydrogen) atoms. The van der Waals surface area contributed by atoms with Gasteiger partial charge in [0.05, 0.1) is 42.2 Å². The number of aromatic nitrogens is 2. The van der Waals surface area contributed by atoms with Gasteiger partial charge in [0.2, 0.25) is 17.6 Å². The average Bonchev–Trinajstić information content (AvgIpc) is 3.84. The second kappa shape index (κ2) is 15.9. The lowest BCUT2D eigenvalue weighted by Crippen LogP contribution is -2.45. The van der Waals surface area contributed by atoms with Crippen molar-refractivity contribution in [2.45, 2.75) is 63.9 Å². The van der Waals surface area contributed by atoms with E-state index in [-0.39, 0.29) is 24.3 Å². The molecule has 12 heteroatoms. The Hall–Kier alpha value is -3.74. The molecule has 2 fully saturated rings. The molecule has 0 spiro atoms. The van der Waals surface area contributed by atoms with E-state index in [2.05, 4.69) is 55.7 Å². The number of hydrogen-bond acceptors (Lipinski definition) is 10. The van der Waals surface area contributed by atoms with Gasteiger partial charge in [0.15, 0.2) is 0 Å². The summed E-state index contributed by atoms with van der Waals surface area (Å²) in [4.78, 5) is 24.5. The van der Waals surface area contributed by atoms with Crippen LogP contribution in [0.15, 0.2) is 59.1 Å². The van der Waals surface area contributed by atoms with Crippen LogP contribution in [-0.2, 0) is 22.5 Å². The van der Waals surface area contributed by atoms with Crippen LogP contribution in [0.4, 0.5) is 0 Å². The topological polar surface area (TPSA) is 107 Å². The maximum Gasteiger partial charge on any atom is 0.323 e. The van der Waals surface area contributed by atoms with Crippen LogP contribution in [0.1, 0.15) is 67.1 Å². The summed E-state index contributed by atoms with van der Waals surface area (Å²) in [5, 5.41) is 7.50. The first-order chi connectivity index (χ1) is 24.9. The van der Waals surface area contributed by atoms with Crippen LogP contribution in [0.25, 0.3) is 22.4 Å². The van der Waals surface area contributed by atoms with Gasteiger partial charge >= 0.3 is 5.97 Å². The summed E-state index contributed by atoms with van der Waals surface area (Å²) >= 11 is 10.9. The van der Waals surface area contributed by atoms with Crippen molar-refractivity contribution in [3.63, 3.8) is 0 Å². The third-order valence-electron chi connectivity index (χ3n) is 9.97. The molecule has 0 amide bonds. The molecule has 4 aromatic rings. The summed E-state index contributed by atoms with van der Waals surface area (Å²) in [5.74, 6) is 1.34. The second-order valence-corrected chi connectivity index (χ2v) is 14.2. The molecule has 10 nitrogen and oxygen atoms in total. The van der Waals surface area contributed by atoms with E-state index in [1.54, 1.807) is 14.2 Å². The number of rotatable bonds is 11. The largest absolute Gasteiger partial charge is 0.481 e. The van der Waals surface area contributed by atoms with Gasteiger partial charge in [0.1, 0.15) is 12.1 Å². The van der Waals surface area contributed by atoms with Crippen molar-refractivity contribution in [2.24, 2.45) is 0 Å². The summed E-state index contributed by atoms with van der Waals surface area (Å²) in [6.07, 6.45) is 4.24. The number of hydrogen-bond donors (Lipinski definition) is 2. The van der Waals surface area contributed by atoms with Crippen LogP contribution in [0, 0.1) is 0 Å². The highest BCUT2D eigenvalue weighted by Crippen LogP contribution is 2.45. The summed E-state index contributed by atoms with van der Waals surface area (Å²) in [6.45, 7) is 5.33. The van der Waals surface area contributed by atoms with Crippen LogP contribution in [0.2, 0.25) is 5.02 Å². The van der Waals surface area contributed by atoms with Gasteiger partial charge in [0.25, 0.3) is 0 Å². The number of esters is 1. The highest BCUT2D eigenvalue weighted by atomic mass is 79.9. The molecule has 4 heterocycles. The van der Waals surface area contributed by atoms with Gasteiger partial charge in [-0.1, -0.05) is 54.4 Å². The molecule has 3 aliphatic rings. The maximum absolute atomic E-state index is 12.7. The lowest BCUT2D eigenvalue weighted by atomic mass is 9.94. The first-order valence-electron chi connectivity index (χ1n) is 17.6. The van der Waals surface area contributed by atoms with Crippen LogP contribution in [0.5, 0.6) is 17.6 Å². The Kier molecular flexibility index (Phi) is 11.1. The molecule has 7 rings (SSSR count). The number of nitrogens with one attached hydrogen (secondary N) is 2. The fourth-order valence-electron chi connectivity index (χ4n) is 7.54.